The van der Waals surface area contributed by atoms with Crippen molar-refractivity contribution in [1.82, 2.24) is 9.78 Å². The molecule has 3 nitrogen and oxygen atoms in total. The van der Waals surface area contributed by atoms with Crippen molar-refractivity contribution in [1.29, 1.82) is 0 Å². The van der Waals surface area contributed by atoms with Crippen LogP contribution in [0.1, 0.15) is 46.0 Å². The maximum absolute atomic E-state index is 10.1. The minimum absolute atomic E-state index is 0.414. The molecule has 1 heterocycles. The Labute approximate surface area is 98.5 Å². The Bertz CT molecular complexity index is 340. The SMILES string of the molecule is CCc1c(O)c(CC(C)C)nn1CC(C)C. The molecule has 0 aliphatic carbocycles. The third kappa shape index (κ3) is 3.00. The van der Waals surface area contributed by atoms with Crippen LogP contribution in [0, 0.1) is 11.8 Å². The molecule has 0 saturated heterocycles. The summed E-state index contributed by atoms with van der Waals surface area (Å²) in [5.41, 5.74) is 1.83. The van der Waals surface area contributed by atoms with Gasteiger partial charge in [-0.05, 0) is 24.7 Å². The molecule has 0 saturated carbocycles. The first kappa shape index (κ1) is 13.1. The lowest BCUT2D eigenvalue weighted by Crippen LogP contribution is -2.09. The van der Waals surface area contributed by atoms with E-state index in [4.69, 9.17) is 0 Å². The summed E-state index contributed by atoms with van der Waals surface area (Å²) in [6.07, 6.45) is 1.69. The zero-order valence-electron chi connectivity index (χ0n) is 11.1. The average molecular weight is 224 g/mol. The second kappa shape index (κ2) is 5.37. The smallest absolute Gasteiger partial charge is 0.160 e. The van der Waals surface area contributed by atoms with Crippen molar-refractivity contribution >= 4 is 0 Å². The molecule has 1 rings (SSSR count). The number of nitrogens with zero attached hydrogens (tertiary/aromatic N) is 2. The number of rotatable bonds is 5. The first-order valence-electron chi connectivity index (χ1n) is 6.23. The monoisotopic (exact) mass is 224 g/mol. The highest BCUT2D eigenvalue weighted by Crippen LogP contribution is 2.25. The van der Waals surface area contributed by atoms with Crippen molar-refractivity contribution in [2.45, 2.75) is 54.0 Å². The molecule has 3 heteroatoms. The zero-order chi connectivity index (χ0) is 12.3. The molecular formula is C13H24N2O. The van der Waals surface area contributed by atoms with E-state index in [1.54, 1.807) is 0 Å². The predicted molar refractivity (Wildman–Crippen MR) is 66.6 cm³/mol. The molecule has 0 aliphatic heterocycles. The molecule has 92 valence electrons. The fraction of sp³-hybridized carbons (Fsp3) is 0.769. The van der Waals surface area contributed by atoms with Gasteiger partial charge in [-0.1, -0.05) is 34.6 Å². The summed E-state index contributed by atoms with van der Waals surface area (Å²) in [6, 6.07) is 0. The molecule has 1 aromatic heterocycles. The number of hydrogen-bond acceptors (Lipinski definition) is 2. The van der Waals surface area contributed by atoms with Crippen molar-refractivity contribution in [3.8, 4) is 5.75 Å². The Balaban J connectivity index is 2.99. The van der Waals surface area contributed by atoms with Gasteiger partial charge in [-0.15, -0.1) is 0 Å². The highest BCUT2D eigenvalue weighted by atomic mass is 16.3. The van der Waals surface area contributed by atoms with Crippen LogP contribution in [0.25, 0.3) is 0 Å². The van der Waals surface area contributed by atoms with E-state index < -0.39 is 0 Å². The second-order valence-electron chi connectivity index (χ2n) is 5.27. The van der Waals surface area contributed by atoms with Crippen LogP contribution in [0.4, 0.5) is 0 Å². The van der Waals surface area contributed by atoms with E-state index in [2.05, 4.69) is 39.7 Å². The lowest BCUT2D eigenvalue weighted by molar-refractivity contribution is 0.445. The highest BCUT2D eigenvalue weighted by molar-refractivity contribution is 5.32. The Morgan fingerprint density at radius 2 is 1.81 bits per heavy atom. The molecule has 0 spiro atoms. The van der Waals surface area contributed by atoms with Crippen molar-refractivity contribution in [3.63, 3.8) is 0 Å². The fourth-order valence-corrected chi connectivity index (χ4v) is 1.91. The van der Waals surface area contributed by atoms with E-state index in [0.717, 1.165) is 30.8 Å². The minimum Gasteiger partial charge on any atom is -0.504 e. The predicted octanol–water partition coefficient (Wildman–Crippen LogP) is 3.01. The van der Waals surface area contributed by atoms with E-state index in [-0.39, 0.29) is 0 Å². The maximum Gasteiger partial charge on any atom is 0.160 e. The summed E-state index contributed by atoms with van der Waals surface area (Å²) < 4.78 is 1.97. The zero-order valence-corrected chi connectivity index (χ0v) is 11.1. The Kier molecular flexibility index (Phi) is 4.39. The molecule has 0 aromatic carbocycles. The van der Waals surface area contributed by atoms with Gasteiger partial charge in [0.15, 0.2) is 5.75 Å². The molecule has 0 fully saturated rings. The molecule has 16 heavy (non-hydrogen) atoms. The van der Waals surface area contributed by atoms with Crippen molar-refractivity contribution in [2.75, 3.05) is 0 Å². The Hall–Kier alpha value is -0.990. The van der Waals surface area contributed by atoms with E-state index in [1.807, 2.05) is 4.68 Å². The standard InChI is InChI=1S/C13H24N2O/c1-6-12-13(16)11(7-9(2)3)14-15(12)8-10(4)5/h9-10,16H,6-8H2,1-5H3. The molecule has 0 unspecified atom stereocenters. The average Bonchev–Trinajstić information content (AvgIpc) is 2.41. The van der Waals surface area contributed by atoms with Crippen molar-refractivity contribution in [3.05, 3.63) is 11.4 Å². The maximum atomic E-state index is 10.1. The summed E-state index contributed by atoms with van der Waals surface area (Å²) in [4.78, 5) is 0. The van der Waals surface area contributed by atoms with Crippen LogP contribution >= 0.6 is 0 Å². The fourth-order valence-electron chi connectivity index (χ4n) is 1.91. The van der Waals surface area contributed by atoms with Gasteiger partial charge in [0.25, 0.3) is 0 Å². The molecule has 0 radical (unpaired) electrons. The first-order valence-corrected chi connectivity index (χ1v) is 6.23. The summed E-state index contributed by atoms with van der Waals surface area (Å²) in [5, 5.41) is 14.6. The largest absolute Gasteiger partial charge is 0.504 e. The van der Waals surface area contributed by atoms with Crippen LogP contribution in [0.15, 0.2) is 0 Å². The minimum atomic E-state index is 0.414. The van der Waals surface area contributed by atoms with Gasteiger partial charge in [-0.3, -0.25) is 4.68 Å². The van der Waals surface area contributed by atoms with E-state index >= 15 is 0 Å². The van der Waals surface area contributed by atoms with Crippen LogP contribution in [-0.4, -0.2) is 14.9 Å². The van der Waals surface area contributed by atoms with Gasteiger partial charge in [0, 0.05) is 6.54 Å². The summed E-state index contributed by atoms with van der Waals surface area (Å²) in [7, 11) is 0. The van der Waals surface area contributed by atoms with Gasteiger partial charge in [-0.2, -0.15) is 5.10 Å². The molecule has 0 atom stereocenters. The second-order valence-corrected chi connectivity index (χ2v) is 5.27. The topological polar surface area (TPSA) is 38.1 Å². The Morgan fingerprint density at radius 3 is 2.25 bits per heavy atom. The molecule has 1 aromatic rings. The lowest BCUT2D eigenvalue weighted by atomic mass is 10.1. The summed E-state index contributed by atoms with van der Waals surface area (Å²) >= 11 is 0. The quantitative estimate of drug-likeness (QED) is 0.835. The number of aromatic hydroxyl groups is 1. The van der Waals surface area contributed by atoms with Crippen LogP contribution < -0.4 is 0 Å². The number of aromatic nitrogens is 2. The van der Waals surface area contributed by atoms with Crippen LogP contribution in [0.5, 0.6) is 5.75 Å². The van der Waals surface area contributed by atoms with Gasteiger partial charge in [0.05, 0.1) is 5.69 Å². The van der Waals surface area contributed by atoms with E-state index in [9.17, 15) is 5.11 Å². The molecule has 0 bridgehead atoms. The molecule has 0 amide bonds. The lowest BCUT2D eigenvalue weighted by Gasteiger charge is -2.08. The van der Waals surface area contributed by atoms with Gasteiger partial charge < -0.3 is 5.11 Å². The Morgan fingerprint density at radius 1 is 1.19 bits per heavy atom. The molecule has 1 N–H and O–H groups in total. The van der Waals surface area contributed by atoms with E-state index in [1.165, 1.54) is 0 Å². The van der Waals surface area contributed by atoms with Crippen LogP contribution in [-0.2, 0) is 19.4 Å². The third-order valence-corrected chi connectivity index (χ3v) is 2.57. The van der Waals surface area contributed by atoms with Crippen molar-refractivity contribution < 1.29 is 5.11 Å². The van der Waals surface area contributed by atoms with E-state index in [0.29, 0.717) is 17.6 Å². The van der Waals surface area contributed by atoms with Crippen LogP contribution in [0.2, 0.25) is 0 Å². The number of hydrogen-bond donors (Lipinski definition) is 1. The molecule has 0 aliphatic rings. The van der Waals surface area contributed by atoms with Crippen LogP contribution in [0.3, 0.4) is 0 Å². The normalized spacial score (nSPS) is 11.7. The van der Waals surface area contributed by atoms with Gasteiger partial charge in [-0.25, -0.2) is 0 Å². The van der Waals surface area contributed by atoms with Gasteiger partial charge in [0.2, 0.25) is 0 Å². The highest BCUT2D eigenvalue weighted by Gasteiger charge is 2.16. The molecular weight excluding hydrogens is 200 g/mol. The summed E-state index contributed by atoms with van der Waals surface area (Å²) in [5.74, 6) is 1.49. The summed E-state index contributed by atoms with van der Waals surface area (Å²) in [6.45, 7) is 11.6. The third-order valence-electron chi connectivity index (χ3n) is 2.57. The van der Waals surface area contributed by atoms with Gasteiger partial charge in [0.1, 0.15) is 5.69 Å². The van der Waals surface area contributed by atoms with Crippen molar-refractivity contribution in [2.24, 2.45) is 11.8 Å². The first-order chi connectivity index (χ1) is 7.45. The van der Waals surface area contributed by atoms with Gasteiger partial charge >= 0.3 is 0 Å².